The number of ether oxygens (including phenoxy) is 1. The molecule has 0 atom stereocenters. The molecular weight excluding hydrogens is 342 g/mol. The first-order chi connectivity index (χ1) is 12.1. The molecule has 0 saturated heterocycles. The Hall–Kier alpha value is -2.86. The summed E-state index contributed by atoms with van der Waals surface area (Å²) in [5, 5.41) is 7.05. The molecule has 0 aliphatic rings. The minimum Gasteiger partial charge on any atom is -0.495 e. The van der Waals surface area contributed by atoms with Gasteiger partial charge < -0.3 is 14.6 Å². The predicted octanol–water partition coefficient (Wildman–Crippen LogP) is 3.64. The molecule has 7 heteroatoms. The fourth-order valence-corrected chi connectivity index (χ4v) is 2.58. The van der Waals surface area contributed by atoms with Gasteiger partial charge in [-0.2, -0.15) is 4.98 Å². The van der Waals surface area contributed by atoms with Crippen molar-refractivity contribution in [2.24, 2.45) is 0 Å². The molecule has 0 saturated carbocycles. The lowest BCUT2D eigenvalue weighted by Gasteiger charge is -2.06. The van der Waals surface area contributed by atoms with Crippen LogP contribution < -0.4 is 10.1 Å². The summed E-state index contributed by atoms with van der Waals surface area (Å²) in [7, 11) is 1.52. The summed E-state index contributed by atoms with van der Waals surface area (Å²) >= 11 is 6.03. The van der Waals surface area contributed by atoms with Crippen LogP contribution >= 0.6 is 11.6 Å². The molecule has 1 heterocycles. The Balaban J connectivity index is 1.67. The Morgan fingerprint density at radius 1 is 1.28 bits per heavy atom. The second-order valence-corrected chi connectivity index (χ2v) is 5.77. The molecular formula is C18H16ClN3O3. The Kier molecular flexibility index (Phi) is 5.00. The van der Waals surface area contributed by atoms with Gasteiger partial charge in [0.15, 0.2) is 0 Å². The van der Waals surface area contributed by atoms with Crippen molar-refractivity contribution in [1.29, 1.82) is 0 Å². The van der Waals surface area contributed by atoms with Crippen LogP contribution in [0.5, 0.6) is 5.75 Å². The summed E-state index contributed by atoms with van der Waals surface area (Å²) in [5.74, 6) is 1.04. The second-order valence-electron chi connectivity index (χ2n) is 5.36. The first-order valence-electron chi connectivity index (χ1n) is 7.59. The molecule has 3 aromatic rings. The van der Waals surface area contributed by atoms with Gasteiger partial charge >= 0.3 is 0 Å². The van der Waals surface area contributed by atoms with E-state index in [0.717, 1.165) is 11.1 Å². The highest BCUT2D eigenvalue weighted by Gasteiger charge is 2.13. The maximum atomic E-state index is 12.2. The number of aryl methyl sites for hydroxylation is 1. The molecule has 2 aromatic carbocycles. The highest BCUT2D eigenvalue weighted by molar-refractivity contribution is 6.32. The highest BCUT2D eigenvalue weighted by Crippen LogP contribution is 2.25. The van der Waals surface area contributed by atoms with E-state index < -0.39 is 0 Å². The van der Waals surface area contributed by atoms with Gasteiger partial charge in [0, 0.05) is 11.1 Å². The molecule has 0 fully saturated rings. The topological polar surface area (TPSA) is 77.2 Å². The van der Waals surface area contributed by atoms with Crippen molar-refractivity contribution < 1.29 is 14.1 Å². The monoisotopic (exact) mass is 357 g/mol. The summed E-state index contributed by atoms with van der Waals surface area (Å²) < 4.78 is 10.3. The number of rotatable bonds is 5. The van der Waals surface area contributed by atoms with Gasteiger partial charge in [-0.1, -0.05) is 41.0 Å². The number of methoxy groups -OCH3 is 1. The Labute approximate surface area is 149 Å². The summed E-state index contributed by atoms with van der Waals surface area (Å²) in [6.45, 7) is 2.10. The fourth-order valence-electron chi connectivity index (χ4n) is 2.33. The Morgan fingerprint density at radius 3 is 2.80 bits per heavy atom. The van der Waals surface area contributed by atoms with Gasteiger partial charge in [-0.3, -0.25) is 4.79 Å². The molecule has 0 radical (unpaired) electrons. The van der Waals surface area contributed by atoms with Crippen LogP contribution in [-0.2, 0) is 6.54 Å². The van der Waals surface area contributed by atoms with Gasteiger partial charge in [0.1, 0.15) is 5.75 Å². The van der Waals surface area contributed by atoms with Crippen molar-refractivity contribution >= 4 is 17.5 Å². The van der Waals surface area contributed by atoms with E-state index in [1.54, 1.807) is 18.2 Å². The maximum Gasteiger partial charge on any atom is 0.251 e. The number of aromatic nitrogens is 2. The summed E-state index contributed by atoms with van der Waals surface area (Å²) in [6, 6.07) is 12.6. The Bertz CT molecular complexity index is 908. The molecule has 1 N–H and O–H groups in total. The quantitative estimate of drug-likeness (QED) is 0.754. The fraction of sp³-hybridized carbons (Fsp3) is 0.167. The average molecular weight is 358 g/mol. The lowest BCUT2D eigenvalue weighted by Crippen LogP contribution is -2.22. The van der Waals surface area contributed by atoms with E-state index in [9.17, 15) is 4.79 Å². The number of nitrogens with one attached hydrogen (secondary N) is 1. The number of amides is 1. The molecule has 25 heavy (non-hydrogen) atoms. The maximum absolute atomic E-state index is 12.2. The molecule has 128 valence electrons. The van der Waals surface area contributed by atoms with Gasteiger partial charge in [-0.25, -0.2) is 0 Å². The minimum absolute atomic E-state index is 0.126. The zero-order chi connectivity index (χ0) is 17.8. The highest BCUT2D eigenvalue weighted by atomic mass is 35.5. The van der Waals surface area contributed by atoms with Gasteiger partial charge in [-0.05, 0) is 30.7 Å². The predicted molar refractivity (Wildman–Crippen MR) is 93.6 cm³/mol. The molecule has 0 bridgehead atoms. The first-order valence-corrected chi connectivity index (χ1v) is 7.96. The van der Waals surface area contributed by atoms with Crippen LogP contribution in [0, 0.1) is 6.92 Å². The summed E-state index contributed by atoms with van der Waals surface area (Å²) in [6.07, 6.45) is 0. The van der Waals surface area contributed by atoms with E-state index in [4.69, 9.17) is 20.9 Å². The van der Waals surface area contributed by atoms with E-state index in [1.165, 1.54) is 7.11 Å². The van der Waals surface area contributed by atoms with Crippen molar-refractivity contribution in [2.45, 2.75) is 13.5 Å². The largest absolute Gasteiger partial charge is 0.495 e. The van der Waals surface area contributed by atoms with Crippen molar-refractivity contribution in [2.75, 3.05) is 7.11 Å². The first kappa shape index (κ1) is 17.0. The smallest absolute Gasteiger partial charge is 0.251 e. The number of carbonyl (C=O) groups excluding carboxylic acids is 1. The van der Waals surface area contributed by atoms with Crippen molar-refractivity contribution in [3.8, 4) is 17.1 Å². The van der Waals surface area contributed by atoms with Crippen LogP contribution in [0.2, 0.25) is 5.02 Å². The van der Waals surface area contributed by atoms with Gasteiger partial charge in [0.05, 0.1) is 18.7 Å². The van der Waals surface area contributed by atoms with Gasteiger partial charge in [0.25, 0.3) is 5.91 Å². The molecule has 1 aromatic heterocycles. The standard InChI is InChI=1S/C18H16ClN3O3/c1-11-5-3-4-6-13(11)17-21-16(25-22-17)10-20-18(23)12-7-8-15(24-2)14(19)9-12/h3-9H,10H2,1-2H3,(H,20,23). The number of halogens is 1. The summed E-state index contributed by atoms with van der Waals surface area (Å²) in [4.78, 5) is 16.5. The summed E-state index contributed by atoms with van der Waals surface area (Å²) in [5.41, 5.74) is 2.36. The van der Waals surface area contributed by atoms with Crippen LogP contribution in [0.25, 0.3) is 11.4 Å². The van der Waals surface area contributed by atoms with E-state index in [1.807, 2.05) is 31.2 Å². The molecule has 0 spiro atoms. The van der Waals surface area contributed by atoms with Gasteiger partial charge in [-0.15, -0.1) is 0 Å². The van der Waals surface area contributed by atoms with Crippen molar-refractivity contribution in [3.63, 3.8) is 0 Å². The van der Waals surface area contributed by atoms with Crippen molar-refractivity contribution in [3.05, 3.63) is 64.5 Å². The third kappa shape index (κ3) is 3.80. The molecule has 3 rings (SSSR count). The van der Waals surface area contributed by atoms with Crippen molar-refractivity contribution in [1.82, 2.24) is 15.5 Å². The number of carbonyl (C=O) groups is 1. The van der Waals surface area contributed by atoms with E-state index in [0.29, 0.717) is 28.1 Å². The Morgan fingerprint density at radius 2 is 2.08 bits per heavy atom. The lowest BCUT2D eigenvalue weighted by atomic mass is 10.1. The van der Waals surface area contributed by atoms with Gasteiger partial charge in [0.2, 0.25) is 11.7 Å². The van der Waals surface area contributed by atoms with Crippen LogP contribution in [0.1, 0.15) is 21.8 Å². The number of hydrogen-bond acceptors (Lipinski definition) is 5. The molecule has 0 aliphatic heterocycles. The number of nitrogens with zero attached hydrogens (tertiary/aromatic N) is 2. The number of hydrogen-bond donors (Lipinski definition) is 1. The van der Waals surface area contributed by atoms with Crippen LogP contribution in [-0.4, -0.2) is 23.2 Å². The lowest BCUT2D eigenvalue weighted by molar-refractivity contribution is 0.0946. The molecule has 0 aliphatic carbocycles. The third-order valence-corrected chi connectivity index (χ3v) is 3.96. The zero-order valence-electron chi connectivity index (χ0n) is 13.7. The molecule has 6 nitrogen and oxygen atoms in total. The molecule has 0 unspecified atom stereocenters. The van der Waals surface area contributed by atoms with E-state index in [2.05, 4.69) is 15.5 Å². The zero-order valence-corrected chi connectivity index (χ0v) is 14.5. The SMILES string of the molecule is COc1ccc(C(=O)NCc2nc(-c3ccccc3C)no2)cc1Cl. The molecule has 1 amide bonds. The number of benzene rings is 2. The third-order valence-electron chi connectivity index (χ3n) is 3.67. The van der Waals surface area contributed by atoms with E-state index >= 15 is 0 Å². The normalized spacial score (nSPS) is 10.5. The van der Waals surface area contributed by atoms with Crippen LogP contribution in [0.3, 0.4) is 0 Å². The second kappa shape index (κ2) is 7.36. The van der Waals surface area contributed by atoms with Crippen LogP contribution in [0.15, 0.2) is 47.0 Å². The average Bonchev–Trinajstić information content (AvgIpc) is 3.08. The van der Waals surface area contributed by atoms with Crippen LogP contribution in [0.4, 0.5) is 0 Å². The minimum atomic E-state index is -0.291. The van der Waals surface area contributed by atoms with E-state index in [-0.39, 0.29) is 12.5 Å².